The summed E-state index contributed by atoms with van der Waals surface area (Å²) in [6.45, 7) is 2.04. The van der Waals surface area contributed by atoms with Crippen LogP contribution in [0.4, 0.5) is 0 Å². The van der Waals surface area contributed by atoms with Gasteiger partial charge in [0.25, 0.3) is 0 Å². The molecule has 0 aliphatic carbocycles. The first-order valence-electron chi connectivity index (χ1n) is 7.47. The molecule has 1 saturated heterocycles. The number of rotatable bonds is 3. The van der Waals surface area contributed by atoms with Crippen LogP contribution in [0.3, 0.4) is 0 Å². The Hall–Kier alpha value is -2.45. The summed E-state index contributed by atoms with van der Waals surface area (Å²) >= 11 is 0. The highest BCUT2D eigenvalue weighted by atomic mass is 16.1. The van der Waals surface area contributed by atoms with Crippen LogP contribution in [0.2, 0.25) is 0 Å². The zero-order valence-corrected chi connectivity index (χ0v) is 12.3. The summed E-state index contributed by atoms with van der Waals surface area (Å²) in [5, 5.41) is 10.3. The van der Waals surface area contributed by atoms with Gasteiger partial charge in [-0.1, -0.05) is 12.1 Å². The monoisotopic (exact) mass is 294 g/mol. The quantitative estimate of drug-likeness (QED) is 0.935. The number of nitrogens with two attached hydrogens (primary N) is 1. The van der Waals surface area contributed by atoms with Crippen molar-refractivity contribution in [2.24, 2.45) is 5.73 Å². The van der Waals surface area contributed by atoms with E-state index in [0.29, 0.717) is 18.0 Å². The number of aromatic nitrogens is 1. The zero-order chi connectivity index (χ0) is 15.5. The molecule has 0 spiro atoms. The molecule has 3 rings (SSSR count). The second-order valence-corrected chi connectivity index (χ2v) is 5.75. The Labute approximate surface area is 129 Å². The van der Waals surface area contributed by atoms with Crippen molar-refractivity contribution >= 4 is 16.8 Å². The molecule has 2 N–H and O–H groups in total. The Morgan fingerprint density at radius 2 is 2.32 bits per heavy atom. The van der Waals surface area contributed by atoms with Crippen molar-refractivity contribution in [2.75, 3.05) is 19.6 Å². The molecule has 1 amide bonds. The number of carbonyl (C=O) groups excluding carboxylic acids is 1. The topological polar surface area (TPSA) is 83.0 Å². The first-order chi connectivity index (χ1) is 10.7. The number of hydrogen-bond donors (Lipinski definition) is 1. The molecule has 0 bridgehead atoms. The molecule has 1 aromatic carbocycles. The maximum Gasteiger partial charge on any atom is 0.231 e. The van der Waals surface area contributed by atoms with E-state index in [0.717, 1.165) is 36.8 Å². The van der Waals surface area contributed by atoms with Crippen LogP contribution in [-0.4, -0.2) is 35.4 Å². The van der Waals surface area contributed by atoms with E-state index in [1.807, 2.05) is 24.3 Å². The van der Waals surface area contributed by atoms with Gasteiger partial charge in [0.05, 0.1) is 17.6 Å². The molecular formula is C17H18N4O. The van der Waals surface area contributed by atoms with E-state index >= 15 is 0 Å². The van der Waals surface area contributed by atoms with E-state index < -0.39 is 0 Å². The highest BCUT2D eigenvalue weighted by Crippen LogP contribution is 2.32. The van der Waals surface area contributed by atoms with E-state index in [9.17, 15) is 10.1 Å². The third-order valence-corrected chi connectivity index (χ3v) is 4.25. The Morgan fingerprint density at radius 3 is 3.09 bits per heavy atom. The van der Waals surface area contributed by atoms with Gasteiger partial charge in [0.1, 0.15) is 6.07 Å². The van der Waals surface area contributed by atoms with Gasteiger partial charge in [-0.3, -0.25) is 14.7 Å². The normalized spacial score (nSPS) is 19.0. The minimum Gasteiger partial charge on any atom is -0.369 e. The van der Waals surface area contributed by atoms with E-state index in [-0.39, 0.29) is 5.91 Å². The predicted molar refractivity (Wildman–Crippen MR) is 84.1 cm³/mol. The molecule has 112 valence electrons. The molecule has 2 heterocycles. The molecule has 1 aromatic heterocycles. The highest BCUT2D eigenvalue weighted by molar-refractivity contribution is 5.87. The molecule has 5 nitrogen and oxygen atoms in total. The average molecular weight is 294 g/mol. The zero-order valence-electron chi connectivity index (χ0n) is 12.3. The predicted octanol–water partition coefficient (Wildman–Crippen LogP) is 1.77. The SMILES string of the molecule is N#Cc1ccc(C2CCCN(CC(N)=O)C2)c2cccnc12. The molecule has 5 heteroatoms. The van der Waals surface area contributed by atoms with E-state index in [1.54, 1.807) is 6.20 Å². The minimum atomic E-state index is -0.285. The fourth-order valence-corrected chi connectivity index (χ4v) is 3.31. The molecule has 2 aromatic rings. The van der Waals surface area contributed by atoms with Crippen LogP contribution in [0.1, 0.15) is 29.9 Å². The molecule has 1 aliphatic rings. The fraction of sp³-hybridized carbons (Fsp3) is 0.353. The van der Waals surface area contributed by atoms with E-state index in [4.69, 9.17) is 5.73 Å². The average Bonchev–Trinajstić information content (AvgIpc) is 2.53. The first-order valence-corrected chi connectivity index (χ1v) is 7.47. The Kier molecular flexibility index (Phi) is 4.03. The number of hydrogen-bond acceptors (Lipinski definition) is 4. The van der Waals surface area contributed by atoms with Crippen molar-refractivity contribution < 1.29 is 4.79 Å². The third kappa shape index (κ3) is 2.78. The van der Waals surface area contributed by atoms with Gasteiger partial charge in [0.2, 0.25) is 5.91 Å². The molecule has 1 unspecified atom stereocenters. The lowest BCUT2D eigenvalue weighted by Gasteiger charge is -2.32. The number of carbonyl (C=O) groups is 1. The fourth-order valence-electron chi connectivity index (χ4n) is 3.31. The number of fused-ring (bicyclic) bond motifs is 1. The molecule has 22 heavy (non-hydrogen) atoms. The van der Waals surface area contributed by atoms with Crippen LogP contribution in [-0.2, 0) is 4.79 Å². The van der Waals surface area contributed by atoms with Crippen molar-refractivity contribution in [2.45, 2.75) is 18.8 Å². The summed E-state index contributed by atoms with van der Waals surface area (Å²) in [6.07, 6.45) is 3.83. The summed E-state index contributed by atoms with van der Waals surface area (Å²) < 4.78 is 0. The third-order valence-electron chi connectivity index (χ3n) is 4.25. The van der Waals surface area contributed by atoms with Crippen molar-refractivity contribution in [3.8, 4) is 6.07 Å². The van der Waals surface area contributed by atoms with Crippen molar-refractivity contribution in [1.29, 1.82) is 5.26 Å². The summed E-state index contributed by atoms with van der Waals surface area (Å²) in [5.74, 6) is 0.0551. The van der Waals surface area contributed by atoms with Gasteiger partial charge >= 0.3 is 0 Å². The number of amides is 1. The number of primary amides is 1. The van der Waals surface area contributed by atoms with Gasteiger partial charge in [-0.2, -0.15) is 5.26 Å². The van der Waals surface area contributed by atoms with Gasteiger partial charge in [-0.05, 0) is 43.0 Å². The summed E-state index contributed by atoms with van der Waals surface area (Å²) in [4.78, 5) is 17.6. The summed E-state index contributed by atoms with van der Waals surface area (Å²) in [7, 11) is 0. The second-order valence-electron chi connectivity index (χ2n) is 5.75. The Bertz CT molecular complexity index is 750. The van der Waals surface area contributed by atoms with E-state index in [2.05, 4.69) is 16.0 Å². The maximum atomic E-state index is 11.1. The molecule has 0 saturated carbocycles. The minimum absolute atomic E-state index is 0.285. The lowest BCUT2D eigenvalue weighted by Crippen LogP contribution is -2.40. The summed E-state index contributed by atoms with van der Waals surface area (Å²) in [5.41, 5.74) is 7.87. The molecule has 1 atom stereocenters. The lowest BCUT2D eigenvalue weighted by atomic mass is 9.87. The van der Waals surface area contributed by atoms with Gasteiger partial charge in [0.15, 0.2) is 0 Å². The highest BCUT2D eigenvalue weighted by Gasteiger charge is 2.24. The summed E-state index contributed by atoms with van der Waals surface area (Å²) in [6, 6.07) is 9.99. The second kappa shape index (κ2) is 6.12. The number of pyridine rings is 1. The van der Waals surface area contributed by atoms with Crippen LogP contribution in [0.15, 0.2) is 30.5 Å². The molecular weight excluding hydrogens is 276 g/mol. The van der Waals surface area contributed by atoms with Crippen LogP contribution in [0, 0.1) is 11.3 Å². The van der Waals surface area contributed by atoms with E-state index in [1.165, 1.54) is 5.56 Å². The van der Waals surface area contributed by atoms with Crippen molar-refractivity contribution in [3.05, 3.63) is 41.6 Å². The van der Waals surface area contributed by atoms with Gasteiger partial charge < -0.3 is 5.73 Å². The number of piperidine rings is 1. The maximum absolute atomic E-state index is 11.1. The van der Waals surface area contributed by atoms with Gasteiger partial charge in [-0.15, -0.1) is 0 Å². The van der Waals surface area contributed by atoms with Crippen LogP contribution < -0.4 is 5.73 Å². The standard InChI is InChI=1S/C17H18N4O/c18-9-12-5-6-14(15-4-1-7-20-17(12)15)13-3-2-8-21(10-13)11-16(19)22/h1,4-7,13H,2-3,8,10-11H2,(H2,19,22). The van der Waals surface area contributed by atoms with Crippen molar-refractivity contribution in [3.63, 3.8) is 0 Å². The first kappa shape index (κ1) is 14.5. The number of likely N-dealkylation sites (tertiary alicyclic amines) is 1. The van der Waals surface area contributed by atoms with Crippen LogP contribution in [0.25, 0.3) is 10.9 Å². The lowest BCUT2D eigenvalue weighted by molar-refractivity contribution is -0.119. The molecule has 0 radical (unpaired) electrons. The van der Waals surface area contributed by atoms with Crippen LogP contribution in [0.5, 0.6) is 0 Å². The number of benzene rings is 1. The van der Waals surface area contributed by atoms with Gasteiger partial charge in [0, 0.05) is 18.1 Å². The van der Waals surface area contributed by atoms with Crippen LogP contribution >= 0.6 is 0 Å². The number of nitrogens with zero attached hydrogens (tertiary/aromatic N) is 3. The largest absolute Gasteiger partial charge is 0.369 e. The van der Waals surface area contributed by atoms with Crippen molar-refractivity contribution in [1.82, 2.24) is 9.88 Å². The molecule has 1 aliphatic heterocycles. The van der Waals surface area contributed by atoms with Gasteiger partial charge in [-0.25, -0.2) is 0 Å². The Balaban J connectivity index is 1.96. The molecule has 1 fully saturated rings. The Morgan fingerprint density at radius 1 is 1.45 bits per heavy atom. The smallest absolute Gasteiger partial charge is 0.231 e. The number of nitriles is 1.